The summed E-state index contributed by atoms with van der Waals surface area (Å²) in [5.41, 5.74) is 1.70. The van der Waals surface area contributed by atoms with E-state index in [1.54, 1.807) is 55.5 Å². The van der Waals surface area contributed by atoms with Gasteiger partial charge in [0.2, 0.25) is 5.91 Å². The zero-order valence-electron chi connectivity index (χ0n) is 19.0. The fourth-order valence-electron chi connectivity index (χ4n) is 3.28. The molecule has 1 aliphatic heterocycles. The van der Waals surface area contributed by atoms with Crippen molar-refractivity contribution < 1.29 is 29.0 Å². The quantitative estimate of drug-likeness (QED) is 0.377. The molecule has 3 amide bonds. The van der Waals surface area contributed by atoms with Crippen LogP contribution in [0.5, 0.6) is 17.2 Å². The number of imide groups is 1. The number of anilines is 1. The predicted octanol–water partition coefficient (Wildman–Crippen LogP) is 4.59. The Balaban J connectivity index is 1.73. The molecule has 0 radical (unpaired) electrons. The van der Waals surface area contributed by atoms with E-state index in [4.69, 9.17) is 9.47 Å². The summed E-state index contributed by atoms with van der Waals surface area (Å²) in [6, 6.07) is 10.1. The molecular formula is C25H26N2O6S. The molecule has 0 spiro atoms. The Kier molecular flexibility index (Phi) is 8.37. The first-order valence-electron chi connectivity index (χ1n) is 10.7. The number of amides is 3. The van der Waals surface area contributed by atoms with Crippen LogP contribution in [0, 0.1) is 0 Å². The molecular weight excluding hydrogens is 456 g/mol. The third-order valence-corrected chi connectivity index (χ3v) is 5.67. The van der Waals surface area contributed by atoms with Gasteiger partial charge in [0.15, 0.2) is 11.5 Å². The summed E-state index contributed by atoms with van der Waals surface area (Å²) in [5, 5.41) is 12.5. The van der Waals surface area contributed by atoms with Crippen LogP contribution >= 0.6 is 11.8 Å². The topological polar surface area (TPSA) is 105 Å². The fourth-order valence-corrected chi connectivity index (χ4v) is 4.12. The van der Waals surface area contributed by atoms with Gasteiger partial charge in [0.05, 0.1) is 18.1 Å². The van der Waals surface area contributed by atoms with Gasteiger partial charge < -0.3 is 19.9 Å². The number of thioether (sulfide) groups is 1. The Morgan fingerprint density at radius 2 is 1.85 bits per heavy atom. The lowest BCUT2D eigenvalue weighted by molar-refractivity contribution is -0.127. The Labute approximate surface area is 202 Å². The number of hydrogen-bond donors (Lipinski definition) is 2. The molecule has 0 atom stereocenters. The molecule has 0 saturated carbocycles. The molecule has 0 unspecified atom stereocenters. The van der Waals surface area contributed by atoms with Crippen molar-refractivity contribution in [3.63, 3.8) is 0 Å². The van der Waals surface area contributed by atoms with Crippen molar-refractivity contribution in [3.8, 4) is 17.2 Å². The number of phenolic OH excluding ortho intramolecular Hbond substituents is 1. The highest BCUT2D eigenvalue weighted by Gasteiger charge is 2.36. The summed E-state index contributed by atoms with van der Waals surface area (Å²) < 4.78 is 10.8. The van der Waals surface area contributed by atoms with Crippen LogP contribution in [0.3, 0.4) is 0 Å². The van der Waals surface area contributed by atoms with Crippen LogP contribution in [0.4, 0.5) is 10.5 Å². The number of aromatic hydroxyl groups is 1. The van der Waals surface area contributed by atoms with Gasteiger partial charge in [-0.15, -0.1) is 6.58 Å². The van der Waals surface area contributed by atoms with Gasteiger partial charge in [0.1, 0.15) is 12.3 Å². The van der Waals surface area contributed by atoms with Crippen LogP contribution < -0.4 is 14.8 Å². The van der Waals surface area contributed by atoms with E-state index in [0.29, 0.717) is 42.2 Å². The molecule has 9 heteroatoms. The highest BCUT2D eigenvalue weighted by atomic mass is 32.2. The normalized spacial score (nSPS) is 14.4. The second-order valence-electron chi connectivity index (χ2n) is 7.23. The molecule has 2 aromatic carbocycles. The lowest BCUT2D eigenvalue weighted by Crippen LogP contribution is -2.36. The van der Waals surface area contributed by atoms with Crippen molar-refractivity contribution in [2.24, 2.45) is 0 Å². The molecule has 0 bridgehead atoms. The number of nitrogens with one attached hydrogen (secondary N) is 1. The number of phenols is 1. The first-order valence-corrected chi connectivity index (χ1v) is 11.6. The van der Waals surface area contributed by atoms with Crippen molar-refractivity contribution >= 4 is 40.6 Å². The van der Waals surface area contributed by atoms with Gasteiger partial charge in [-0.2, -0.15) is 0 Å². The smallest absolute Gasteiger partial charge is 0.294 e. The Morgan fingerprint density at radius 1 is 1.15 bits per heavy atom. The van der Waals surface area contributed by atoms with Crippen LogP contribution in [-0.2, 0) is 16.0 Å². The van der Waals surface area contributed by atoms with Gasteiger partial charge in [-0.1, -0.05) is 6.08 Å². The minimum Gasteiger partial charge on any atom is -0.504 e. The van der Waals surface area contributed by atoms with E-state index in [9.17, 15) is 19.5 Å². The van der Waals surface area contributed by atoms with Crippen molar-refractivity contribution in [3.05, 3.63) is 65.1 Å². The number of allylic oxidation sites excluding steroid dienone is 1. The number of benzene rings is 2. The van der Waals surface area contributed by atoms with Crippen LogP contribution in [-0.4, -0.2) is 46.8 Å². The van der Waals surface area contributed by atoms with E-state index < -0.39 is 23.6 Å². The predicted molar refractivity (Wildman–Crippen MR) is 132 cm³/mol. The lowest BCUT2D eigenvalue weighted by atomic mass is 10.1. The van der Waals surface area contributed by atoms with E-state index in [-0.39, 0.29) is 16.4 Å². The first kappa shape index (κ1) is 24.9. The Bertz CT molecular complexity index is 1130. The third kappa shape index (κ3) is 5.99. The fraction of sp³-hybridized carbons (Fsp3) is 0.240. The monoisotopic (exact) mass is 482 g/mol. The summed E-state index contributed by atoms with van der Waals surface area (Å²) in [5.74, 6) is -0.0908. The lowest BCUT2D eigenvalue weighted by Gasteiger charge is -2.13. The minimum atomic E-state index is -0.562. The second-order valence-corrected chi connectivity index (χ2v) is 8.22. The van der Waals surface area contributed by atoms with E-state index >= 15 is 0 Å². The van der Waals surface area contributed by atoms with Gasteiger partial charge >= 0.3 is 0 Å². The van der Waals surface area contributed by atoms with Gasteiger partial charge in [0.25, 0.3) is 11.1 Å². The van der Waals surface area contributed by atoms with Crippen LogP contribution in [0.1, 0.15) is 25.0 Å². The molecule has 3 rings (SSSR count). The number of rotatable bonds is 10. The molecule has 1 saturated heterocycles. The van der Waals surface area contributed by atoms with Crippen LogP contribution in [0.25, 0.3) is 6.08 Å². The van der Waals surface area contributed by atoms with Crippen LogP contribution in [0.2, 0.25) is 0 Å². The number of nitrogens with zero attached hydrogens (tertiary/aromatic N) is 1. The summed E-state index contributed by atoms with van der Waals surface area (Å²) in [6.07, 6.45) is 3.59. The summed E-state index contributed by atoms with van der Waals surface area (Å²) >= 11 is 0.753. The largest absolute Gasteiger partial charge is 0.504 e. The van der Waals surface area contributed by atoms with Gasteiger partial charge in [-0.25, -0.2) is 0 Å². The number of carbonyl (C=O) groups is 3. The molecule has 1 fully saturated rings. The highest BCUT2D eigenvalue weighted by molar-refractivity contribution is 8.18. The molecule has 1 aliphatic rings. The van der Waals surface area contributed by atoms with Gasteiger partial charge in [0, 0.05) is 11.3 Å². The van der Waals surface area contributed by atoms with Crippen molar-refractivity contribution in [2.75, 3.05) is 25.1 Å². The van der Waals surface area contributed by atoms with E-state index in [1.807, 2.05) is 6.92 Å². The van der Waals surface area contributed by atoms with E-state index in [0.717, 1.165) is 16.7 Å². The maximum Gasteiger partial charge on any atom is 0.294 e. The molecule has 0 aliphatic carbocycles. The highest BCUT2D eigenvalue weighted by Crippen LogP contribution is 2.36. The van der Waals surface area contributed by atoms with Crippen molar-refractivity contribution in [1.29, 1.82) is 0 Å². The zero-order valence-corrected chi connectivity index (χ0v) is 19.8. The standard InChI is InChI=1S/C25H26N2O6S/c1-4-7-17-12-16(13-20(23(17)29)33-6-3)14-21-24(30)27(25(31)34-21)15-22(28)26-18-8-10-19(11-9-18)32-5-2/h4,8-14,29H,1,5-7,15H2,2-3H3,(H,26,28)/b21-14+. The molecule has 2 aromatic rings. The molecule has 8 nitrogen and oxygen atoms in total. The number of ether oxygens (including phenoxy) is 2. The molecule has 0 aromatic heterocycles. The zero-order chi connectivity index (χ0) is 24.7. The molecule has 2 N–H and O–H groups in total. The van der Waals surface area contributed by atoms with Crippen LogP contribution in [0.15, 0.2) is 54.0 Å². The number of carbonyl (C=O) groups excluding carboxylic acids is 3. The SMILES string of the molecule is C=CCc1cc(/C=C2/SC(=O)N(CC(=O)Nc3ccc(OCC)cc3)C2=O)cc(OCC)c1O. The first-order chi connectivity index (χ1) is 16.4. The Morgan fingerprint density at radius 3 is 2.50 bits per heavy atom. The minimum absolute atomic E-state index is 0.0120. The number of hydrogen-bond acceptors (Lipinski definition) is 7. The average Bonchev–Trinajstić information content (AvgIpc) is 3.06. The van der Waals surface area contributed by atoms with E-state index in [1.165, 1.54) is 0 Å². The molecule has 178 valence electrons. The van der Waals surface area contributed by atoms with Crippen molar-refractivity contribution in [2.45, 2.75) is 20.3 Å². The van der Waals surface area contributed by atoms with Crippen molar-refractivity contribution in [1.82, 2.24) is 4.90 Å². The third-order valence-electron chi connectivity index (χ3n) is 4.76. The van der Waals surface area contributed by atoms with Gasteiger partial charge in [-0.3, -0.25) is 19.3 Å². The average molecular weight is 483 g/mol. The summed E-state index contributed by atoms with van der Waals surface area (Å²) in [7, 11) is 0. The summed E-state index contributed by atoms with van der Waals surface area (Å²) in [4.78, 5) is 38.8. The summed E-state index contributed by atoms with van der Waals surface area (Å²) in [6.45, 7) is 7.83. The van der Waals surface area contributed by atoms with E-state index in [2.05, 4.69) is 11.9 Å². The maximum absolute atomic E-state index is 12.8. The second kappa shape index (κ2) is 11.4. The Hall–Kier alpha value is -3.72. The maximum atomic E-state index is 12.8. The molecule has 1 heterocycles. The van der Waals surface area contributed by atoms with Gasteiger partial charge in [-0.05, 0) is 80.1 Å². The molecule has 34 heavy (non-hydrogen) atoms.